The van der Waals surface area contributed by atoms with E-state index in [-0.39, 0.29) is 57.4 Å². The molecule has 7 rings (SSSR count). The van der Waals surface area contributed by atoms with Crippen LogP contribution >= 0.6 is 23.1 Å². The van der Waals surface area contributed by atoms with Gasteiger partial charge in [0.15, 0.2) is 0 Å². The summed E-state index contributed by atoms with van der Waals surface area (Å²) in [6, 6.07) is 17.9. The Morgan fingerprint density at radius 1 is 0.914 bits per heavy atom. The number of aromatic nitrogens is 1. The molecule has 7 atom stereocenters. The lowest BCUT2D eigenvalue weighted by Crippen LogP contribution is -2.42. The predicted octanol–water partition coefficient (Wildman–Crippen LogP) is 4.18. The number of thioether (sulfide) groups is 1. The molecule has 178 valence electrons. The van der Waals surface area contributed by atoms with Crippen LogP contribution < -0.4 is 14.7 Å². The van der Waals surface area contributed by atoms with Gasteiger partial charge in [-0.15, -0.1) is 11.8 Å². The summed E-state index contributed by atoms with van der Waals surface area (Å²) in [7, 11) is 4.05. The molecule has 1 N–H and O–H groups in total. The van der Waals surface area contributed by atoms with Gasteiger partial charge in [0.05, 0.1) is 22.5 Å². The highest BCUT2D eigenvalue weighted by Gasteiger charge is 2.69. The van der Waals surface area contributed by atoms with Gasteiger partial charge in [0.1, 0.15) is 0 Å². The number of aromatic amines is 1. The van der Waals surface area contributed by atoms with E-state index in [0.717, 1.165) is 22.0 Å². The van der Waals surface area contributed by atoms with Gasteiger partial charge in [0, 0.05) is 35.8 Å². The first kappa shape index (κ1) is 21.4. The van der Waals surface area contributed by atoms with E-state index in [1.807, 2.05) is 44.4 Å². The Morgan fingerprint density at radius 2 is 1.60 bits per heavy atom. The van der Waals surface area contributed by atoms with Crippen LogP contribution in [0.4, 0.5) is 11.4 Å². The molecule has 6 nitrogen and oxygen atoms in total. The maximum atomic E-state index is 13.7. The lowest BCUT2D eigenvalue weighted by molar-refractivity contribution is -0.123. The molecule has 2 aromatic carbocycles. The van der Waals surface area contributed by atoms with Crippen LogP contribution in [0.25, 0.3) is 0 Å². The van der Waals surface area contributed by atoms with Crippen molar-refractivity contribution in [2.45, 2.75) is 22.6 Å². The molecular weight excluding hydrogens is 478 g/mol. The second-order valence-electron chi connectivity index (χ2n) is 10.3. The number of anilines is 2. The zero-order valence-corrected chi connectivity index (χ0v) is 21.0. The Balaban J connectivity index is 1.32. The fraction of sp³-hybridized carbons (Fsp3) is 0.370. The summed E-state index contributed by atoms with van der Waals surface area (Å²) in [5.74, 6) is -0.0580. The highest BCUT2D eigenvalue weighted by molar-refractivity contribution is 8.00. The van der Waals surface area contributed by atoms with E-state index >= 15 is 0 Å². The summed E-state index contributed by atoms with van der Waals surface area (Å²) < 4.78 is 0. The van der Waals surface area contributed by atoms with Crippen LogP contribution in [0.15, 0.2) is 64.4 Å². The van der Waals surface area contributed by atoms with Gasteiger partial charge < -0.3 is 9.88 Å². The minimum absolute atomic E-state index is 0.0349. The molecule has 3 aromatic rings. The SMILES string of the molecule is CN(C)c1ccc([C@H]2c3sc(=O)[nH]c3S[C@@H]3[C@H]4C[C@@H]([C@@H]5C(=O)N(c6ccccc6)C(=O)[C@@H]45)[C@@H]23)cc1. The number of fused-ring (bicyclic) bond motifs is 9. The third kappa shape index (κ3) is 2.93. The number of amides is 2. The van der Waals surface area contributed by atoms with Gasteiger partial charge in [-0.05, 0) is 54.0 Å². The van der Waals surface area contributed by atoms with Crippen LogP contribution in [-0.4, -0.2) is 36.1 Å². The van der Waals surface area contributed by atoms with Gasteiger partial charge in [0.25, 0.3) is 0 Å². The Kier molecular flexibility index (Phi) is 4.64. The fourth-order valence-corrected chi connectivity index (χ4v) is 10.1. The number of H-pyrrole nitrogens is 1. The number of carbonyl (C=O) groups excluding carboxylic acids is 2. The van der Waals surface area contributed by atoms with Crippen LogP contribution in [0.3, 0.4) is 0 Å². The normalized spacial score (nSPS) is 32.5. The summed E-state index contributed by atoms with van der Waals surface area (Å²) in [4.78, 5) is 47.3. The van der Waals surface area contributed by atoms with Crippen LogP contribution in [0.2, 0.25) is 0 Å². The van der Waals surface area contributed by atoms with Gasteiger partial charge >= 0.3 is 4.87 Å². The fourth-order valence-electron chi connectivity index (χ4n) is 7.20. The summed E-state index contributed by atoms with van der Waals surface area (Å²) in [6.45, 7) is 0. The average Bonchev–Trinajstić information content (AvgIpc) is 3.58. The van der Waals surface area contributed by atoms with Crippen molar-refractivity contribution in [3.05, 3.63) is 74.7 Å². The summed E-state index contributed by atoms with van der Waals surface area (Å²) in [6.07, 6.45) is 0.906. The second kappa shape index (κ2) is 7.58. The number of para-hydroxylation sites is 1. The van der Waals surface area contributed by atoms with E-state index in [9.17, 15) is 14.4 Å². The van der Waals surface area contributed by atoms with E-state index in [4.69, 9.17) is 0 Å². The summed E-state index contributed by atoms with van der Waals surface area (Å²) >= 11 is 3.03. The highest BCUT2D eigenvalue weighted by atomic mass is 32.2. The van der Waals surface area contributed by atoms with Crippen molar-refractivity contribution >= 4 is 46.3 Å². The average molecular weight is 504 g/mol. The van der Waals surface area contributed by atoms with Crippen LogP contribution in [0.1, 0.15) is 22.8 Å². The molecule has 0 radical (unpaired) electrons. The van der Waals surface area contributed by atoms with Crippen molar-refractivity contribution in [3.63, 3.8) is 0 Å². The van der Waals surface area contributed by atoms with Gasteiger partial charge in [-0.1, -0.05) is 41.7 Å². The number of rotatable bonds is 3. The molecule has 35 heavy (non-hydrogen) atoms. The van der Waals surface area contributed by atoms with E-state index in [1.54, 1.807) is 11.8 Å². The van der Waals surface area contributed by atoms with Crippen LogP contribution in [0.5, 0.6) is 0 Å². The standard InChI is InChI=1S/C27H25N3O3S2/c1-29(2)14-10-8-13(9-11-14)18-19-16-12-17(22(19)34-24-23(18)35-27(33)28-24)21-20(16)25(31)30(26(21)32)15-6-4-3-5-7-15/h3-11,16-22H,12H2,1-2H3,(H,28,33)/t16-,17+,18-,19+,20+,21+,22-/m1/s1. The van der Waals surface area contributed by atoms with Crippen molar-refractivity contribution in [2.24, 2.45) is 29.6 Å². The monoisotopic (exact) mass is 503 g/mol. The third-order valence-corrected chi connectivity index (χ3v) is 11.1. The topological polar surface area (TPSA) is 73.5 Å². The number of nitrogens with zero attached hydrogens (tertiary/aromatic N) is 2. The van der Waals surface area contributed by atoms with Gasteiger partial charge in [0.2, 0.25) is 11.8 Å². The number of hydrogen-bond acceptors (Lipinski definition) is 6. The molecule has 2 saturated carbocycles. The first-order valence-electron chi connectivity index (χ1n) is 12.0. The largest absolute Gasteiger partial charge is 0.378 e. The number of nitrogens with one attached hydrogen (secondary N) is 1. The number of imide groups is 1. The molecule has 8 heteroatoms. The van der Waals surface area contributed by atoms with E-state index < -0.39 is 0 Å². The molecule has 2 bridgehead atoms. The van der Waals surface area contributed by atoms with Crippen molar-refractivity contribution in [2.75, 3.05) is 23.9 Å². The smallest absolute Gasteiger partial charge is 0.305 e. The molecule has 0 spiro atoms. The zero-order chi connectivity index (χ0) is 24.0. The van der Waals surface area contributed by atoms with Crippen molar-refractivity contribution in [3.8, 4) is 0 Å². The Labute approximate surface area is 211 Å². The predicted molar refractivity (Wildman–Crippen MR) is 138 cm³/mol. The number of carbonyl (C=O) groups is 2. The molecule has 2 aliphatic heterocycles. The third-order valence-electron chi connectivity index (χ3n) is 8.51. The first-order chi connectivity index (χ1) is 16.9. The maximum absolute atomic E-state index is 13.7. The summed E-state index contributed by atoms with van der Waals surface area (Å²) in [5, 5.41) is 1.16. The molecule has 2 amide bonds. The molecule has 4 aliphatic rings. The molecule has 3 fully saturated rings. The molecular formula is C27H25N3O3S2. The van der Waals surface area contributed by atoms with Crippen LogP contribution in [-0.2, 0) is 9.59 Å². The molecule has 1 aromatic heterocycles. The Morgan fingerprint density at radius 3 is 2.29 bits per heavy atom. The second-order valence-corrected chi connectivity index (χ2v) is 12.5. The molecule has 0 unspecified atom stereocenters. The van der Waals surface area contributed by atoms with Crippen LogP contribution in [0, 0.1) is 29.6 Å². The number of hydrogen-bond donors (Lipinski definition) is 1. The van der Waals surface area contributed by atoms with Gasteiger partial charge in [-0.3, -0.25) is 19.3 Å². The van der Waals surface area contributed by atoms with Crippen molar-refractivity contribution < 1.29 is 9.59 Å². The van der Waals surface area contributed by atoms with E-state index in [2.05, 4.69) is 34.1 Å². The first-order valence-corrected chi connectivity index (χ1v) is 13.7. The molecule has 2 aliphatic carbocycles. The lowest BCUT2D eigenvalue weighted by Gasteiger charge is -2.43. The summed E-state index contributed by atoms with van der Waals surface area (Å²) in [5.41, 5.74) is 2.98. The molecule has 1 saturated heterocycles. The van der Waals surface area contributed by atoms with Gasteiger partial charge in [-0.25, -0.2) is 0 Å². The number of thiazole rings is 1. The number of benzene rings is 2. The lowest BCUT2D eigenvalue weighted by atomic mass is 9.68. The Hall–Kier alpha value is -2.84. The highest BCUT2D eigenvalue weighted by Crippen LogP contribution is 2.68. The Bertz CT molecular complexity index is 1400. The zero-order valence-electron chi connectivity index (χ0n) is 19.4. The van der Waals surface area contributed by atoms with E-state index in [0.29, 0.717) is 5.69 Å². The van der Waals surface area contributed by atoms with E-state index in [1.165, 1.54) is 21.8 Å². The minimum atomic E-state index is -0.268. The quantitative estimate of drug-likeness (QED) is 0.543. The maximum Gasteiger partial charge on any atom is 0.305 e. The van der Waals surface area contributed by atoms with Crippen molar-refractivity contribution in [1.82, 2.24) is 4.98 Å². The van der Waals surface area contributed by atoms with Gasteiger partial charge in [-0.2, -0.15) is 0 Å². The van der Waals surface area contributed by atoms with Crippen molar-refractivity contribution in [1.29, 1.82) is 0 Å². The molecule has 3 heterocycles. The minimum Gasteiger partial charge on any atom is -0.378 e.